The minimum atomic E-state index is -0.240. The summed E-state index contributed by atoms with van der Waals surface area (Å²) in [6.07, 6.45) is 1.64. The van der Waals surface area contributed by atoms with Crippen LogP contribution in [-0.2, 0) is 4.79 Å². The third-order valence-corrected chi connectivity index (χ3v) is 5.90. The van der Waals surface area contributed by atoms with Gasteiger partial charge in [-0.2, -0.15) is 10.5 Å². The number of nitrogen functional groups attached to an aromatic ring is 1. The zero-order valence-electron chi connectivity index (χ0n) is 18.9. The van der Waals surface area contributed by atoms with Gasteiger partial charge in [0.2, 0.25) is 5.91 Å². The van der Waals surface area contributed by atoms with Gasteiger partial charge in [0.25, 0.3) is 0 Å². The van der Waals surface area contributed by atoms with Gasteiger partial charge in [-0.15, -0.1) is 0 Å². The second-order valence-electron chi connectivity index (χ2n) is 7.43. The molecule has 8 heteroatoms. The molecule has 3 rings (SSSR count). The summed E-state index contributed by atoms with van der Waals surface area (Å²) in [5.41, 5.74) is 10.2. The highest BCUT2D eigenvalue weighted by Gasteiger charge is 2.21. The van der Waals surface area contributed by atoms with Gasteiger partial charge in [-0.25, -0.2) is 4.98 Å². The Labute approximate surface area is 202 Å². The van der Waals surface area contributed by atoms with Gasteiger partial charge in [0.15, 0.2) is 0 Å². The lowest BCUT2D eigenvalue weighted by atomic mass is 9.97. The summed E-state index contributed by atoms with van der Waals surface area (Å²) in [5.74, 6) is 0.408. The van der Waals surface area contributed by atoms with E-state index < -0.39 is 0 Å². The maximum atomic E-state index is 12.6. The highest BCUT2D eigenvalue weighted by molar-refractivity contribution is 8.00. The van der Waals surface area contributed by atoms with E-state index in [0.717, 1.165) is 28.6 Å². The summed E-state index contributed by atoms with van der Waals surface area (Å²) in [4.78, 5) is 16.8. The van der Waals surface area contributed by atoms with E-state index in [9.17, 15) is 15.3 Å². The normalized spacial score (nSPS) is 10.1. The SMILES string of the molecule is C=CCOc1ccc(-c2c(C#N)c(N)nc(SCC(=O)Nc3ccc(C)cc3C)c2C#N)cc1. The van der Waals surface area contributed by atoms with E-state index in [1.807, 2.05) is 38.1 Å². The van der Waals surface area contributed by atoms with Crippen molar-refractivity contribution in [3.63, 3.8) is 0 Å². The fraction of sp³-hybridized carbons (Fsp3) is 0.154. The molecule has 3 N–H and O–H groups in total. The molecule has 0 unspecified atom stereocenters. The van der Waals surface area contributed by atoms with Gasteiger partial charge in [-0.3, -0.25) is 4.79 Å². The Bertz CT molecular complexity index is 1320. The van der Waals surface area contributed by atoms with Gasteiger partial charge in [0.1, 0.15) is 40.9 Å². The molecule has 0 aliphatic carbocycles. The summed E-state index contributed by atoms with van der Waals surface area (Å²) >= 11 is 1.09. The molecule has 0 saturated carbocycles. The van der Waals surface area contributed by atoms with Crippen LogP contribution in [0, 0.1) is 36.5 Å². The van der Waals surface area contributed by atoms with Crippen LogP contribution >= 0.6 is 11.8 Å². The largest absolute Gasteiger partial charge is 0.490 e. The molecule has 170 valence electrons. The minimum Gasteiger partial charge on any atom is -0.490 e. The first kappa shape index (κ1) is 24.4. The number of carbonyl (C=O) groups excluding carboxylic acids is 1. The summed E-state index contributed by atoms with van der Waals surface area (Å²) in [6.45, 7) is 7.89. The molecule has 0 aliphatic rings. The van der Waals surface area contributed by atoms with E-state index in [4.69, 9.17) is 10.5 Å². The first-order valence-corrected chi connectivity index (χ1v) is 11.3. The van der Waals surface area contributed by atoms with Crippen molar-refractivity contribution in [3.8, 4) is 29.0 Å². The number of nitrogens with two attached hydrogens (primary N) is 1. The summed E-state index contributed by atoms with van der Waals surface area (Å²) in [5, 5.41) is 22.8. The third kappa shape index (κ3) is 5.55. The van der Waals surface area contributed by atoms with Crippen LogP contribution in [0.25, 0.3) is 11.1 Å². The Morgan fingerprint density at radius 3 is 2.50 bits per heavy atom. The Morgan fingerprint density at radius 1 is 1.18 bits per heavy atom. The van der Waals surface area contributed by atoms with Gasteiger partial charge in [-0.1, -0.05) is 54.2 Å². The summed E-state index contributed by atoms with van der Waals surface area (Å²) in [6, 6.07) is 16.9. The zero-order valence-corrected chi connectivity index (χ0v) is 19.7. The number of anilines is 2. The van der Waals surface area contributed by atoms with Gasteiger partial charge in [0, 0.05) is 11.3 Å². The van der Waals surface area contributed by atoms with Crippen LogP contribution in [0.1, 0.15) is 22.3 Å². The Kier molecular flexibility index (Phi) is 7.92. The van der Waals surface area contributed by atoms with Crippen molar-refractivity contribution >= 4 is 29.2 Å². The Morgan fingerprint density at radius 2 is 1.88 bits per heavy atom. The van der Waals surface area contributed by atoms with E-state index in [1.54, 1.807) is 30.3 Å². The van der Waals surface area contributed by atoms with Gasteiger partial charge >= 0.3 is 0 Å². The van der Waals surface area contributed by atoms with Crippen molar-refractivity contribution in [2.24, 2.45) is 0 Å². The number of rotatable bonds is 8. The molecule has 34 heavy (non-hydrogen) atoms. The average molecular weight is 470 g/mol. The van der Waals surface area contributed by atoms with Crippen LogP contribution in [0.2, 0.25) is 0 Å². The molecule has 1 heterocycles. The van der Waals surface area contributed by atoms with Crippen molar-refractivity contribution in [1.82, 2.24) is 4.98 Å². The van der Waals surface area contributed by atoms with Crippen molar-refractivity contribution in [1.29, 1.82) is 10.5 Å². The maximum absolute atomic E-state index is 12.6. The minimum absolute atomic E-state index is 0.000714. The highest BCUT2D eigenvalue weighted by Crippen LogP contribution is 2.36. The smallest absolute Gasteiger partial charge is 0.234 e. The molecule has 0 saturated heterocycles. The van der Waals surface area contributed by atoms with Crippen LogP contribution in [0.5, 0.6) is 5.75 Å². The number of nitrogens with zero attached hydrogens (tertiary/aromatic N) is 3. The molecule has 0 fully saturated rings. The van der Waals surface area contributed by atoms with Crippen LogP contribution in [0.3, 0.4) is 0 Å². The number of aryl methyl sites for hydroxylation is 2. The van der Waals surface area contributed by atoms with Crippen LogP contribution in [-0.4, -0.2) is 23.3 Å². The molecule has 1 aromatic heterocycles. The number of nitriles is 2. The lowest BCUT2D eigenvalue weighted by molar-refractivity contribution is -0.113. The number of nitrogens with one attached hydrogen (secondary N) is 1. The number of hydrogen-bond donors (Lipinski definition) is 2. The number of hydrogen-bond acceptors (Lipinski definition) is 7. The molecule has 7 nitrogen and oxygen atoms in total. The number of carbonyl (C=O) groups is 1. The monoisotopic (exact) mass is 469 g/mol. The molecule has 0 atom stereocenters. The van der Waals surface area contributed by atoms with E-state index in [2.05, 4.69) is 22.9 Å². The third-order valence-electron chi connectivity index (χ3n) is 4.92. The molecule has 0 aliphatic heterocycles. The van der Waals surface area contributed by atoms with Crippen molar-refractivity contribution in [2.45, 2.75) is 18.9 Å². The first-order valence-electron chi connectivity index (χ1n) is 10.4. The zero-order chi connectivity index (χ0) is 24.7. The van der Waals surface area contributed by atoms with E-state index in [-0.39, 0.29) is 33.6 Å². The number of aromatic nitrogens is 1. The molecule has 3 aromatic rings. The van der Waals surface area contributed by atoms with E-state index >= 15 is 0 Å². The number of pyridine rings is 1. The second kappa shape index (κ2) is 11.0. The van der Waals surface area contributed by atoms with Crippen LogP contribution in [0.4, 0.5) is 11.5 Å². The average Bonchev–Trinajstić information content (AvgIpc) is 2.83. The number of thioether (sulfide) groups is 1. The lowest BCUT2D eigenvalue weighted by Gasteiger charge is -2.14. The Balaban J connectivity index is 1.89. The van der Waals surface area contributed by atoms with Gasteiger partial charge in [-0.05, 0) is 43.2 Å². The van der Waals surface area contributed by atoms with Crippen molar-refractivity contribution < 1.29 is 9.53 Å². The molecule has 0 bridgehead atoms. The number of ether oxygens (including phenoxy) is 1. The van der Waals surface area contributed by atoms with Gasteiger partial charge < -0.3 is 15.8 Å². The molecular formula is C26H23N5O2S. The summed E-state index contributed by atoms with van der Waals surface area (Å²) in [7, 11) is 0. The number of amides is 1. The molecule has 0 radical (unpaired) electrons. The Hall–Kier alpha value is -4.27. The fourth-order valence-corrected chi connectivity index (χ4v) is 4.13. The molecule has 1 amide bonds. The quantitative estimate of drug-likeness (QED) is 0.352. The second-order valence-corrected chi connectivity index (χ2v) is 8.39. The fourth-order valence-electron chi connectivity index (χ4n) is 3.34. The van der Waals surface area contributed by atoms with Crippen molar-refractivity contribution in [3.05, 3.63) is 77.4 Å². The lowest BCUT2D eigenvalue weighted by Crippen LogP contribution is -2.15. The first-order chi connectivity index (χ1) is 16.4. The van der Waals surface area contributed by atoms with Crippen LogP contribution in [0.15, 0.2) is 60.1 Å². The predicted octanol–water partition coefficient (Wildman–Crippen LogP) is 4.99. The highest BCUT2D eigenvalue weighted by atomic mass is 32.2. The number of benzene rings is 2. The standard InChI is InChI=1S/C26H23N5O2S/c1-4-11-33-19-8-6-18(7-9-19)24-20(13-27)25(29)31-26(21(24)14-28)34-15-23(32)30-22-10-5-16(2)12-17(22)3/h4-10,12H,1,11,15H2,2-3H3,(H2,29,31)(H,30,32). The van der Waals surface area contributed by atoms with Crippen molar-refractivity contribution in [2.75, 3.05) is 23.4 Å². The van der Waals surface area contributed by atoms with E-state index in [1.165, 1.54) is 0 Å². The molecule has 2 aromatic carbocycles. The predicted molar refractivity (Wildman–Crippen MR) is 134 cm³/mol. The van der Waals surface area contributed by atoms with Crippen LogP contribution < -0.4 is 15.8 Å². The summed E-state index contributed by atoms with van der Waals surface area (Å²) < 4.78 is 5.50. The van der Waals surface area contributed by atoms with E-state index in [0.29, 0.717) is 23.5 Å². The molecule has 0 spiro atoms. The van der Waals surface area contributed by atoms with Gasteiger partial charge in [0.05, 0.1) is 11.3 Å². The molecular weight excluding hydrogens is 446 g/mol. The maximum Gasteiger partial charge on any atom is 0.234 e. The topological polar surface area (TPSA) is 125 Å².